The monoisotopic (exact) mass is 355 g/mol. The lowest BCUT2D eigenvalue weighted by molar-refractivity contribution is -0.125. The molecule has 0 spiro atoms. The van der Waals surface area contributed by atoms with Crippen LogP contribution < -0.4 is 15.5 Å². The van der Waals surface area contributed by atoms with Crippen LogP contribution in [0.2, 0.25) is 0 Å². The molecule has 0 aliphatic carbocycles. The molecule has 6 nitrogen and oxygen atoms in total. The molecule has 0 radical (unpaired) electrons. The van der Waals surface area contributed by atoms with Crippen molar-refractivity contribution in [2.75, 3.05) is 44.2 Å². The van der Waals surface area contributed by atoms with Gasteiger partial charge in [0, 0.05) is 44.5 Å². The van der Waals surface area contributed by atoms with Gasteiger partial charge in [-0.15, -0.1) is 0 Å². The van der Waals surface area contributed by atoms with E-state index in [1.54, 1.807) is 0 Å². The first-order valence-electron chi connectivity index (χ1n) is 9.56. The molecule has 1 aromatic rings. The Kier molecular flexibility index (Phi) is 6.12. The van der Waals surface area contributed by atoms with Crippen molar-refractivity contribution in [2.45, 2.75) is 32.4 Å². The van der Waals surface area contributed by atoms with Crippen LogP contribution in [0.1, 0.15) is 31.9 Å². The smallest absolute Gasteiger partial charge is 0.238 e. The molecular weight excluding hydrogens is 326 g/mol. The summed E-state index contributed by atoms with van der Waals surface area (Å²) in [5.41, 5.74) is 2.50. The van der Waals surface area contributed by atoms with Crippen LogP contribution in [0.3, 0.4) is 0 Å². The number of nitrogens with one attached hydrogen (secondary N) is 2. The molecule has 0 bridgehead atoms. The number of anilines is 1. The van der Waals surface area contributed by atoms with Crippen LogP contribution in [0.4, 0.5) is 5.69 Å². The number of piperazine rings is 1. The molecule has 3 atom stereocenters. The van der Waals surface area contributed by atoms with Crippen LogP contribution in [0.15, 0.2) is 24.3 Å². The van der Waals surface area contributed by atoms with Gasteiger partial charge < -0.3 is 15.5 Å². The van der Waals surface area contributed by atoms with Gasteiger partial charge in [0.25, 0.3) is 0 Å². The van der Waals surface area contributed by atoms with Gasteiger partial charge in [-0.05, 0) is 37.0 Å². The van der Waals surface area contributed by atoms with Gasteiger partial charge >= 0.3 is 0 Å². The highest BCUT2D eigenvalue weighted by Gasteiger charge is 2.37. The molecule has 2 saturated heterocycles. The first-order chi connectivity index (χ1) is 12.6. The largest absolute Gasteiger partial charge is 0.369 e. The van der Waals surface area contributed by atoms with Gasteiger partial charge in [0.2, 0.25) is 5.91 Å². The fourth-order valence-electron chi connectivity index (χ4n) is 4.09. The highest BCUT2D eigenvalue weighted by atomic mass is 16.2. The predicted molar refractivity (Wildman–Crippen MR) is 103 cm³/mol. The molecule has 2 N–H and O–H groups in total. The van der Waals surface area contributed by atoms with Crippen molar-refractivity contribution in [3.63, 3.8) is 0 Å². The van der Waals surface area contributed by atoms with Crippen molar-refractivity contribution >= 4 is 11.6 Å². The van der Waals surface area contributed by atoms with Gasteiger partial charge in [0.15, 0.2) is 0 Å². The molecular formula is C20H29N5O. The van der Waals surface area contributed by atoms with E-state index in [4.69, 9.17) is 5.26 Å². The van der Waals surface area contributed by atoms with E-state index in [1.165, 1.54) is 11.3 Å². The van der Waals surface area contributed by atoms with Crippen molar-refractivity contribution in [1.29, 1.82) is 5.26 Å². The minimum absolute atomic E-state index is 0.0276. The zero-order valence-corrected chi connectivity index (χ0v) is 15.7. The maximum Gasteiger partial charge on any atom is 0.238 e. The minimum Gasteiger partial charge on any atom is -0.369 e. The van der Waals surface area contributed by atoms with Gasteiger partial charge in [-0.25, -0.2) is 0 Å². The number of hydrogen-bond donors (Lipinski definition) is 2. The van der Waals surface area contributed by atoms with E-state index in [1.807, 2.05) is 6.07 Å². The molecule has 2 aliphatic rings. The van der Waals surface area contributed by atoms with Crippen LogP contribution in [0.5, 0.6) is 0 Å². The summed E-state index contributed by atoms with van der Waals surface area (Å²) in [6.45, 7) is 9.48. The molecule has 26 heavy (non-hydrogen) atoms. The van der Waals surface area contributed by atoms with E-state index < -0.39 is 0 Å². The van der Waals surface area contributed by atoms with E-state index in [0.29, 0.717) is 5.92 Å². The number of benzene rings is 1. The van der Waals surface area contributed by atoms with E-state index in [0.717, 1.165) is 39.1 Å². The zero-order chi connectivity index (χ0) is 18.5. The van der Waals surface area contributed by atoms with Crippen LogP contribution >= 0.6 is 0 Å². The fourth-order valence-corrected chi connectivity index (χ4v) is 4.09. The zero-order valence-electron chi connectivity index (χ0n) is 15.7. The average Bonchev–Trinajstić information content (AvgIpc) is 3.08. The molecule has 6 heteroatoms. The van der Waals surface area contributed by atoms with E-state index in [2.05, 4.69) is 58.5 Å². The van der Waals surface area contributed by atoms with Gasteiger partial charge in [0.1, 0.15) is 6.54 Å². The number of nitriles is 1. The predicted octanol–water partition coefficient (Wildman–Crippen LogP) is 1.51. The van der Waals surface area contributed by atoms with Gasteiger partial charge in [-0.2, -0.15) is 5.26 Å². The summed E-state index contributed by atoms with van der Waals surface area (Å²) >= 11 is 0. The molecule has 0 saturated carbocycles. The van der Waals surface area contributed by atoms with Crippen molar-refractivity contribution in [1.82, 2.24) is 15.5 Å². The van der Waals surface area contributed by atoms with Crippen LogP contribution in [-0.2, 0) is 4.79 Å². The highest BCUT2D eigenvalue weighted by molar-refractivity contribution is 5.82. The second-order valence-electron chi connectivity index (χ2n) is 7.43. The first-order valence-corrected chi connectivity index (χ1v) is 9.56. The molecule has 3 rings (SSSR count). The lowest BCUT2D eigenvalue weighted by atomic mass is 10.0. The summed E-state index contributed by atoms with van der Waals surface area (Å²) in [5, 5.41) is 14.8. The summed E-state index contributed by atoms with van der Waals surface area (Å²) in [5.74, 6) is 0.454. The lowest BCUT2D eigenvalue weighted by Crippen LogP contribution is -2.44. The van der Waals surface area contributed by atoms with Gasteiger partial charge in [-0.1, -0.05) is 19.1 Å². The summed E-state index contributed by atoms with van der Waals surface area (Å²) in [6, 6.07) is 10.8. The third kappa shape index (κ3) is 4.17. The lowest BCUT2D eigenvalue weighted by Gasteiger charge is -2.32. The summed E-state index contributed by atoms with van der Waals surface area (Å²) in [4.78, 5) is 17.1. The second-order valence-corrected chi connectivity index (χ2v) is 7.43. The van der Waals surface area contributed by atoms with Crippen LogP contribution in [-0.4, -0.2) is 56.1 Å². The molecule has 0 unspecified atom stereocenters. The van der Waals surface area contributed by atoms with Gasteiger partial charge in [-0.3, -0.25) is 9.69 Å². The molecule has 1 amide bonds. The molecule has 140 valence electrons. The first kappa shape index (κ1) is 18.7. The van der Waals surface area contributed by atoms with E-state index in [9.17, 15) is 4.79 Å². The van der Waals surface area contributed by atoms with Crippen LogP contribution in [0.25, 0.3) is 0 Å². The van der Waals surface area contributed by atoms with Crippen molar-refractivity contribution < 1.29 is 4.79 Å². The Labute approximate surface area is 156 Å². The van der Waals surface area contributed by atoms with Crippen molar-refractivity contribution in [3.8, 4) is 6.07 Å². The SMILES string of the molecule is C[C@H]1C[C@@H](C(=O)NCC#N)N([C@@H](C)c2ccc(N3CCNCC3)cc2)C1. The molecule has 0 aromatic heterocycles. The third-order valence-corrected chi connectivity index (χ3v) is 5.55. The molecule has 2 fully saturated rings. The Bertz CT molecular complexity index is 647. The number of likely N-dealkylation sites (tertiary alicyclic amines) is 1. The van der Waals surface area contributed by atoms with Crippen molar-refractivity contribution in [3.05, 3.63) is 29.8 Å². The minimum atomic E-state index is -0.152. The number of carbonyl (C=O) groups excluding carboxylic acids is 1. The Balaban J connectivity index is 1.69. The van der Waals surface area contributed by atoms with E-state index >= 15 is 0 Å². The molecule has 1 aromatic carbocycles. The quantitative estimate of drug-likeness (QED) is 0.784. The fraction of sp³-hybridized carbons (Fsp3) is 0.600. The number of hydrogen-bond acceptors (Lipinski definition) is 5. The average molecular weight is 355 g/mol. The third-order valence-electron chi connectivity index (χ3n) is 5.55. The maximum absolute atomic E-state index is 12.4. The van der Waals surface area contributed by atoms with Crippen molar-refractivity contribution in [2.24, 2.45) is 5.92 Å². The Morgan fingerprint density at radius 1 is 1.35 bits per heavy atom. The van der Waals surface area contributed by atoms with Crippen LogP contribution in [0, 0.1) is 17.2 Å². The Morgan fingerprint density at radius 2 is 2.04 bits per heavy atom. The van der Waals surface area contributed by atoms with E-state index in [-0.39, 0.29) is 24.5 Å². The standard InChI is InChI=1S/C20H29N5O/c1-15-13-19(20(26)23-8-7-21)25(14-15)16(2)17-3-5-18(6-4-17)24-11-9-22-10-12-24/h3-6,15-16,19,22H,8-14H2,1-2H3,(H,23,26)/t15-,16-,19-/m0/s1. The second kappa shape index (κ2) is 8.52. The number of amides is 1. The normalized spacial score (nSPS) is 24.9. The molecule has 2 heterocycles. The summed E-state index contributed by atoms with van der Waals surface area (Å²) in [6.07, 6.45) is 0.848. The maximum atomic E-state index is 12.4. The summed E-state index contributed by atoms with van der Waals surface area (Å²) in [7, 11) is 0. The molecule has 2 aliphatic heterocycles. The van der Waals surface area contributed by atoms with Gasteiger partial charge in [0.05, 0.1) is 12.1 Å². The number of rotatable bonds is 5. The topological polar surface area (TPSA) is 71.4 Å². The summed E-state index contributed by atoms with van der Waals surface area (Å²) < 4.78 is 0. The number of carbonyl (C=O) groups is 1. The Morgan fingerprint density at radius 3 is 2.69 bits per heavy atom. The number of nitrogens with zero attached hydrogens (tertiary/aromatic N) is 3. The Hall–Kier alpha value is -2.10. The highest BCUT2D eigenvalue weighted by Crippen LogP contribution is 2.32.